The molecule has 1 aromatic rings. The average Bonchev–Trinajstić information content (AvgIpc) is 2.66. The largest absolute Gasteiger partial charge is 0.342 e. The molecule has 7 heteroatoms. The molecule has 0 aromatic carbocycles. The van der Waals surface area contributed by atoms with E-state index < -0.39 is 10.0 Å². The molecule has 0 radical (unpaired) electrons. The summed E-state index contributed by atoms with van der Waals surface area (Å²) in [7, 11) is -3.51. The van der Waals surface area contributed by atoms with E-state index in [1.807, 2.05) is 18.2 Å². The molecule has 0 spiro atoms. The topological polar surface area (TPSA) is 93.4 Å². The second kappa shape index (κ2) is 5.66. The lowest BCUT2D eigenvalue weighted by Gasteiger charge is -2.16. The number of aromatic nitrogens is 1. The van der Waals surface area contributed by atoms with E-state index in [9.17, 15) is 13.2 Å². The number of hydrogen-bond acceptors (Lipinski definition) is 4. The SMILES string of the molecule is NS(=O)(=O)CC1CC(=O)N(CCc2ccccn2)C1. The molecular weight excluding hydrogens is 266 g/mol. The number of pyridine rings is 1. The van der Waals surface area contributed by atoms with E-state index in [1.54, 1.807) is 11.1 Å². The molecule has 2 heterocycles. The average molecular weight is 283 g/mol. The third-order valence-corrected chi connectivity index (χ3v) is 4.06. The first kappa shape index (κ1) is 14.0. The second-order valence-electron chi connectivity index (χ2n) is 4.81. The normalized spacial score (nSPS) is 19.9. The molecule has 0 bridgehead atoms. The van der Waals surface area contributed by atoms with Crippen LogP contribution in [-0.4, -0.2) is 43.1 Å². The Bertz CT molecular complexity index is 545. The first-order chi connectivity index (χ1) is 8.94. The van der Waals surface area contributed by atoms with Crippen LogP contribution in [0, 0.1) is 5.92 Å². The summed E-state index contributed by atoms with van der Waals surface area (Å²) in [5.41, 5.74) is 0.921. The van der Waals surface area contributed by atoms with Crippen molar-refractivity contribution in [2.75, 3.05) is 18.8 Å². The van der Waals surface area contributed by atoms with Crippen LogP contribution < -0.4 is 5.14 Å². The smallest absolute Gasteiger partial charge is 0.222 e. The van der Waals surface area contributed by atoms with Crippen molar-refractivity contribution in [1.29, 1.82) is 0 Å². The fourth-order valence-electron chi connectivity index (χ4n) is 2.31. The summed E-state index contributed by atoms with van der Waals surface area (Å²) in [6.45, 7) is 1.03. The molecule has 1 atom stereocenters. The number of nitrogens with two attached hydrogens (primary N) is 1. The van der Waals surface area contributed by atoms with E-state index in [1.165, 1.54) is 0 Å². The van der Waals surface area contributed by atoms with Gasteiger partial charge in [0.15, 0.2) is 0 Å². The molecule has 104 valence electrons. The van der Waals surface area contributed by atoms with Crippen LogP contribution in [0.2, 0.25) is 0 Å². The maximum Gasteiger partial charge on any atom is 0.222 e. The summed E-state index contributed by atoms with van der Waals surface area (Å²) in [6.07, 6.45) is 2.65. The Morgan fingerprint density at radius 1 is 1.42 bits per heavy atom. The third kappa shape index (κ3) is 4.29. The zero-order valence-corrected chi connectivity index (χ0v) is 11.3. The van der Waals surface area contributed by atoms with E-state index in [0.717, 1.165) is 5.69 Å². The molecule has 1 aliphatic rings. The van der Waals surface area contributed by atoms with Crippen molar-refractivity contribution in [2.24, 2.45) is 11.1 Å². The fourth-order valence-corrected chi connectivity index (χ4v) is 3.19. The Morgan fingerprint density at radius 3 is 2.84 bits per heavy atom. The summed E-state index contributed by atoms with van der Waals surface area (Å²) in [5, 5.41) is 5.00. The number of hydrogen-bond donors (Lipinski definition) is 1. The van der Waals surface area contributed by atoms with Crippen molar-refractivity contribution >= 4 is 15.9 Å². The molecule has 0 saturated carbocycles. The first-order valence-corrected chi connectivity index (χ1v) is 7.84. The summed E-state index contributed by atoms with van der Waals surface area (Å²) in [4.78, 5) is 17.6. The van der Waals surface area contributed by atoms with Gasteiger partial charge < -0.3 is 4.90 Å². The Kier molecular flexibility index (Phi) is 4.16. The highest BCUT2D eigenvalue weighted by Gasteiger charge is 2.31. The number of rotatable bonds is 5. The van der Waals surface area contributed by atoms with Gasteiger partial charge in [0, 0.05) is 43.7 Å². The molecule has 1 aliphatic heterocycles. The zero-order valence-electron chi connectivity index (χ0n) is 10.5. The number of amides is 1. The molecular formula is C12H17N3O3S. The predicted molar refractivity (Wildman–Crippen MR) is 70.6 cm³/mol. The van der Waals surface area contributed by atoms with Crippen molar-refractivity contribution < 1.29 is 13.2 Å². The lowest BCUT2D eigenvalue weighted by molar-refractivity contribution is -0.127. The van der Waals surface area contributed by atoms with Gasteiger partial charge in [-0.05, 0) is 12.1 Å². The Labute approximate surface area is 112 Å². The maximum absolute atomic E-state index is 11.8. The van der Waals surface area contributed by atoms with Crippen molar-refractivity contribution in [3.8, 4) is 0 Å². The van der Waals surface area contributed by atoms with E-state index in [-0.39, 0.29) is 24.0 Å². The van der Waals surface area contributed by atoms with E-state index >= 15 is 0 Å². The summed E-state index contributed by atoms with van der Waals surface area (Å²) < 4.78 is 22.0. The van der Waals surface area contributed by atoms with E-state index in [4.69, 9.17) is 5.14 Å². The molecule has 1 fully saturated rings. The summed E-state index contributed by atoms with van der Waals surface area (Å²) >= 11 is 0. The second-order valence-corrected chi connectivity index (χ2v) is 6.47. The molecule has 6 nitrogen and oxygen atoms in total. The molecule has 2 N–H and O–H groups in total. The van der Waals surface area contributed by atoms with Gasteiger partial charge in [0.2, 0.25) is 15.9 Å². The van der Waals surface area contributed by atoms with Crippen LogP contribution in [0.4, 0.5) is 0 Å². The monoisotopic (exact) mass is 283 g/mol. The molecule has 1 unspecified atom stereocenters. The van der Waals surface area contributed by atoms with E-state index in [2.05, 4.69) is 4.98 Å². The van der Waals surface area contributed by atoms with Gasteiger partial charge >= 0.3 is 0 Å². The van der Waals surface area contributed by atoms with Crippen molar-refractivity contribution in [3.63, 3.8) is 0 Å². The van der Waals surface area contributed by atoms with Crippen molar-refractivity contribution in [1.82, 2.24) is 9.88 Å². The van der Waals surface area contributed by atoms with Crippen LogP contribution in [0.25, 0.3) is 0 Å². The van der Waals surface area contributed by atoms with Gasteiger partial charge in [0.25, 0.3) is 0 Å². The third-order valence-electron chi connectivity index (χ3n) is 3.13. The van der Waals surface area contributed by atoms with Crippen LogP contribution >= 0.6 is 0 Å². The highest BCUT2D eigenvalue weighted by atomic mass is 32.2. The van der Waals surface area contributed by atoms with E-state index in [0.29, 0.717) is 19.5 Å². The Hall–Kier alpha value is -1.47. The summed E-state index contributed by atoms with van der Waals surface area (Å²) in [6, 6.07) is 5.65. The number of likely N-dealkylation sites (tertiary alicyclic amines) is 1. The number of nitrogens with zero attached hydrogens (tertiary/aromatic N) is 2. The molecule has 1 saturated heterocycles. The van der Waals surface area contributed by atoms with Gasteiger partial charge in [0.05, 0.1) is 5.75 Å². The van der Waals surface area contributed by atoms with Crippen LogP contribution in [0.5, 0.6) is 0 Å². The number of primary sulfonamides is 1. The highest BCUT2D eigenvalue weighted by molar-refractivity contribution is 7.89. The van der Waals surface area contributed by atoms with Gasteiger partial charge in [-0.2, -0.15) is 0 Å². The van der Waals surface area contributed by atoms with Crippen LogP contribution in [0.15, 0.2) is 24.4 Å². The molecule has 0 aliphatic carbocycles. The molecule has 1 amide bonds. The zero-order chi connectivity index (χ0) is 13.9. The van der Waals surface area contributed by atoms with Crippen molar-refractivity contribution in [2.45, 2.75) is 12.8 Å². The number of carbonyl (C=O) groups is 1. The molecule has 1 aromatic heterocycles. The van der Waals surface area contributed by atoms with Gasteiger partial charge in [-0.3, -0.25) is 9.78 Å². The van der Waals surface area contributed by atoms with Crippen LogP contribution in [-0.2, 0) is 21.2 Å². The van der Waals surface area contributed by atoms with Gasteiger partial charge in [-0.1, -0.05) is 6.07 Å². The number of carbonyl (C=O) groups excluding carboxylic acids is 1. The lowest BCUT2D eigenvalue weighted by atomic mass is 10.1. The van der Waals surface area contributed by atoms with Gasteiger partial charge in [-0.15, -0.1) is 0 Å². The lowest BCUT2D eigenvalue weighted by Crippen LogP contribution is -2.29. The predicted octanol–water partition coefficient (Wildman–Crippen LogP) is -0.239. The van der Waals surface area contributed by atoms with Crippen LogP contribution in [0.3, 0.4) is 0 Å². The fraction of sp³-hybridized carbons (Fsp3) is 0.500. The number of sulfonamides is 1. The summed E-state index contributed by atoms with van der Waals surface area (Å²) in [5.74, 6) is -0.324. The molecule has 19 heavy (non-hydrogen) atoms. The minimum absolute atomic E-state index is 0.00965. The Balaban J connectivity index is 1.87. The minimum Gasteiger partial charge on any atom is -0.342 e. The first-order valence-electron chi connectivity index (χ1n) is 6.12. The standard InChI is InChI=1S/C12H17N3O3S/c13-19(17,18)9-10-7-12(16)15(8-10)6-4-11-3-1-2-5-14-11/h1-3,5,10H,4,6-9H2,(H2,13,17,18). The highest BCUT2D eigenvalue weighted by Crippen LogP contribution is 2.19. The quantitative estimate of drug-likeness (QED) is 0.807. The molecule has 2 rings (SSSR count). The van der Waals surface area contributed by atoms with Crippen LogP contribution in [0.1, 0.15) is 12.1 Å². The van der Waals surface area contributed by atoms with Gasteiger partial charge in [0.1, 0.15) is 0 Å². The maximum atomic E-state index is 11.8. The van der Waals surface area contributed by atoms with Gasteiger partial charge in [-0.25, -0.2) is 13.6 Å². The minimum atomic E-state index is -3.51. The Morgan fingerprint density at radius 2 is 2.21 bits per heavy atom. The van der Waals surface area contributed by atoms with Crippen molar-refractivity contribution in [3.05, 3.63) is 30.1 Å².